The molecular formula is C20H17N3OS. The molecule has 1 amide bonds. The summed E-state index contributed by atoms with van der Waals surface area (Å²) in [7, 11) is 1.81. The first-order chi connectivity index (χ1) is 12.2. The number of nitrogens with one attached hydrogen (secondary N) is 1. The minimum atomic E-state index is -0.0907. The minimum Gasteiger partial charge on any atom is -0.336 e. The van der Waals surface area contributed by atoms with Gasteiger partial charge in [0.05, 0.1) is 10.6 Å². The van der Waals surface area contributed by atoms with E-state index < -0.39 is 0 Å². The van der Waals surface area contributed by atoms with Gasteiger partial charge >= 0.3 is 0 Å². The highest BCUT2D eigenvalue weighted by Crippen LogP contribution is 2.24. The molecule has 2 aromatic carbocycles. The first-order valence-electron chi connectivity index (χ1n) is 8.04. The fraction of sp³-hybridized carbons (Fsp3) is 0.100. The summed E-state index contributed by atoms with van der Waals surface area (Å²) in [6, 6.07) is 20.2. The fourth-order valence-electron chi connectivity index (χ4n) is 2.94. The summed E-state index contributed by atoms with van der Waals surface area (Å²) >= 11 is 1.62. The van der Waals surface area contributed by atoms with E-state index in [4.69, 9.17) is 0 Å². The van der Waals surface area contributed by atoms with Crippen LogP contribution in [0.15, 0.2) is 66.0 Å². The van der Waals surface area contributed by atoms with Gasteiger partial charge < -0.3 is 4.90 Å². The number of carbonyl (C=O) groups is 1. The Kier molecular flexibility index (Phi) is 4.07. The van der Waals surface area contributed by atoms with Crippen molar-refractivity contribution in [2.24, 2.45) is 0 Å². The molecule has 0 fully saturated rings. The highest BCUT2D eigenvalue weighted by atomic mass is 32.1. The molecule has 0 spiro atoms. The number of rotatable bonds is 4. The molecule has 0 aliphatic heterocycles. The molecule has 124 valence electrons. The van der Waals surface area contributed by atoms with Crippen LogP contribution < -0.4 is 0 Å². The topological polar surface area (TPSA) is 49.0 Å². The molecule has 0 aliphatic carbocycles. The van der Waals surface area contributed by atoms with Crippen LogP contribution >= 0.6 is 11.3 Å². The zero-order valence-corrected chi connectivity index (χ0v) is 14.6. The van der Waals surface area contributed by atoms with E-state index in [1.807, 2.05) is 48.8 Å². The lowest BCUT2D eigenvalue weighted by atomic mass is 10.0. The quantitative estimate of drug-likeness (QED) is 0.588. The number of aromatic nitrogens is 2. The number of fused-ring (bicyclic) bond motifs is 1. The molecule has 5 heteroatoms. The lowest BCUT2D eigenvalue weighted by molar-refractivity contribution is 0.0780. The SMILES string of the molecule is CN(Cc1cccc2ccccc12)C(=O)c1cc(-c2cccs2)[nH]n1. The maximum Gasteiger partial charge on any atom is 0.274 e. The van der Waals surface area contributed by atoms with Gasteiger partial charge in [-0.15, -0.1) is 11.3 Å². The largest absolute Gasteiger partial charge is 0.336 e. The molecule has 0 aliphatic rings. The first-order valence-corrected chi connectivity index (χ1v) is 8.92. The Balaban J connectivity index is 1.56. The molecule has 0 saturated carbocycles. The number of benzene rings is 2. The fourth-order valence-corrected chi connectivity index (χ4v) is 3.63. The van der Waals surface area contributed by atoms with Crippen molar-refractivity contribution in [3.63, 3.8) is 0 Å². The van der Waals surface area contributed by atoms with Crippen molar-refractivity contribution in [1.29, 1.82) is 0 Å². The number of thiophene rings is 1. The molecule has 0 radical (unpaired) electrons. The van der Waals surface area contributed by atoms with Gasteiger partial charge in [0, 0.05) is 13.6 Å². The van der Waals surface area contributed by atoms with Gasteiger partial charge in [0.15, 0.2) is 5.69 Å². The predicted octanol–water partition coefficient (Wildman–Crippen LogP) is 4.56. The number of nitrogens with zero attached hydrogens (tertiary/aromatic N) is 2. The smallest absolute Gasteiger partial charge is 0.274 e. The van der Waals surface area contributed by atoms with Crippen molar-refractivity contribution in [3.05, 3.63) is 77.3 Å². The lowest BCUT2D eigenvalue weighted by Gasteiger charge is -2.17. The third-order valence-electron chi connectivity index (χ3n) is 4.22. The van der Waals surface area contributed by atoms with Crippen LogP contribution in [-0.4, -0.2) is 28.1 Å². The summed E-state index contributed by atoms with van der Waals surface area (Å²) in [6.45, 7) is 0.543. The van der Waals surface area contributed by atoms with E-state index in [2.05, 4.69) is 34.5 Å². The zero-order chi connectivity index (χ0) is 17.2. The van der Waals surface area contributed by atoms with E-state index in [0.29, 0.717) is 12.2 Å². The highest BCUT2D eigenvalue weighted by Gasteiger charge is 2.17. The van der Waals surface area contributed by atoms with E-state index in [-0.39, 0.29) is 5.91 Å². The van der Waals surface area contributed by atoms with Crippen molar-refractivity contribution in [1.82, 2.24) is 15.1 Å². The van der Waals surface area contributed by atoms with Crippen molar-refractivity contribution in [2.45, 2.75) is 6.54 Å². The van der Waals surface area contributed by atoms with Gasteiger partial charge in [-0.1, -0.05) is 48.5 Å². The molecule has 0 saturated heterocycles. The van der Waals surface area contributed by atoms with Crippen LogP contribution in [0.25, 0.3) is 21.3 Å². The van der Waals surface area contributed by atoms with E-state index in [0.717, 1.165) is 16.1 Å². The summed E-state index contributed by atoms with van der Waals surface area (Å²) in [5.74, 6) is -0.0907. The van der Waals surface area contributed by atoms with Crippen molar-refractivity contribution in [3.8, 4) is 10.6 Å². The second kappa shape index (κ2) is 6.53. The Morgan fingerprint density at radius 3 is 2.80 bits per heavy atom. The Morgan fingerprint density at radius 2 is 1.96 bits per heavy atom. The van der Waals surface area contributed by atoms with Crippen LogP contribution in [0.4, 0.5) is 0 Å². The minimum absolute atomic E-state index is 0.0907. The Labute approximate surface area is 149 Å². The summed E-state index contributed by atoms with van der Waals surface area (Å²) in [5.41, 5.74) is 2.44. The van der Waals surface area contributed by atoms with Crippen LogP contribution in [0, 0.1) is 0 Å². The van der Waals surface area contributed by atoms with Crippen molar-refractivity contribution < 1.29 is 4.79 Å². The summed E-state index contributed by atoms with van der Waals surface area (Å²) in [5, 5.41) is 11.5. The van der Waals surface area contributed by atoms with Gasteiger partial charge in [0.25, 0.3) is 5.91 Å². The number of H-pyrrole nitrogens is 1. The molecule has 4 aromatic rings. The van der Waals surface area contributed by atoms with Crippen molar-refractivity contribution in [2.75, 3.05) is 7.05 Å². The number of hydrogen-bond donors (Lipinski definition) is 1. The molecule has 4 nitrogen and oxygen atoms in total. The average molecular weight is 347 g/mol. The van der Waals surface area contributed by atoms with Crippen LogP contribution in [0.1, 0.15) is 16.1 Å². The predicted molar refractivity (Wildman–Crippen MR) is 102 cm³/mol. The summed E-state index contributed by atoms with van der Waals surface area (Å²) in [6.07, 6.45) is 0. The lowest BCUT2D eigenvalue weighted by Crippen LogP contribution is -2.26. The molecule has 0 atom stereocenters. The molecule has 25 heavy (non-hydrogen) atoms. The summed E-state index contributed by atoms with van der Waals surface area (Å²) in [4.78, 5) is 15.5. The Bertz CT molecular complexity index is 1020. The van der Waals surface area contributed by atoms with Gasteiger partial charge in [-0.25, -0.2) is 0 Å². The van der Waals surface area contributed by atoms with Gasteiger partial charge in [0.2, 0.25) is 0 Å². The summed E-state index contributed by atoms with van der Waals surface area (Å²) < 4.78 is 0. The van der Waals surface area contributed by atoms with Crippen LogP contribution in [0.5, 0.6) is 0 Å². The average Bonchev–Trinajstić information content (AvgIpc) is 3.32. The van der Waals surface area contributed by atoms with Gasteiger partial charge in [-0.3, -0.25) is 9.89 Å². The second-order valence-electron chi connectivity index (χ2n) is 5.94. The normalized spacial score (nSPS) is 10.9. The number of hydrogen-bond acceptors (Lipinski definition) is 3. The molecule has 0 unspecified atom stereocenters. The third kappa shape index (κ3) is 3.06. The standard InChI is InChI=1S/C20H17N3OS/c1-23(13-15-8-4-7-14-6-2-3-9-16(14)15)20(24)18-12-17(21-22-18)19-10-5-11-25-19/h2-12H,13H2,1H3,(H,21,22). The van der Waals surface area contributed by atoms with Gasteiger partial charge in [-0.05, 0) is 33.8 Å². The van der Waals surface area contributed by atoms with Crippen LogP contribution in [0.3, 0.4) is 0 Å². The second-order valence-corrected chi connectivity index (χ2v) is 6.89. The van der Waals surface area contributed by atoms with Crippen LogP contribution in [-0.2, 0) is 6.54 Å². The Hall–Kier alpha value is -2.92. The molecule has 4 rings (SSSR count). The monoisotopic (exact) mass is 347 g/mol. The third-order valence-corrected chi connectivity index (χ3v) is 5.12. The molecular weight excluding hydrogens is 330 g/mol. The molecule has 2 aromatic heterocycles. The van der Waals surface area contributed by atoms with Gasteiger partial charge in [0.1, 0.15) is 0 Å². The Morgan fingerprint density at radius 1 is 1.12 bits per heavy atom. The number of carbonyl (C=O) groups excluding carboxylic acids is 1. The van der Waals surface area contributed by atoms with E-state index in [9.17, 15) is 4.79 Å². The maximum atomic E-state index is 12.7. The van der Waals surface area contributed by atoms with E-state index >= 15 is 0 Å². The highest BCUT2D eigenvalue weighted by molar-refractivity contribution is 7.13. The maximum absolute atomic E-state index is 12.7. The van der Waals surface area contributed by atoms with Gasteiger partial charge in [-0.2, -0.15) is 5.10 Å². The zero-order valence-electron chi connectivity index (χ0n) is 13.8. The first kappa shape index (κ1) is 15.6. The van der Waals surface area contributed by atoms with Crippen molar-refractivity contribution >= 4 is 28.0 Å². The van der Waals surface area contributed by atoms with E-state index in [1.54, 1.807) is 16.2 Å². The van der Waals surface area contributed by atoms with Crippen LogP contribution in [0.2, 0.25) is 0 Å². The molecule has 1 N–H and O–H groups in total. The molecule has 2 heterocycles. The number of aromatic amines is 1. The number of amides is 1. The van der Waals surface area contributed by atoms with E-state index in [1.165, 1.54) is 10.8 Å². The molecule has 0 bridgehead atoms.